The normalized spacial score (nSPS) is 10.9. The Labute approximate surface area is 144 Å². The van der Waals surface area contributed by atoms with Crippen LogP contribution in [0.15, 0.2) is 73.1 Å². The highest BCUT2D eigenvalue weighted by molar-refractivity contribution is 6.16. The predicted molar refractivity (Wildman–Crippen MR) is 96.9 cm³/mol. The van der Waals surface area contributed by atoms with Crippen LogP contribution < -0.4 is 0 Å². The van der Waals surface area contributed by atoms with E-state index in [0.29, 0.717) is 16.8 Å². The molecule has 4 aromatic rings. The van der Waals surface area contributed by atoms with Gasteiger partial charge in [-0.15, -0.1) is 0 Å². The van der Waals surface area contributed by atoms with Gasteiger partial charge in [-0.25, -0.2) is 4.98 Å². The second-order valence-corrected chi connectivity index (χ2v) is 5.98. The van der Waals surface area contributed by atoms with Crippen molar-refractivity contribution in [3.63, 3.8) is 0 Å². The van der Waals surface area contributed by atoms with E-state index in [1.54, 1.807) is 24.4 Å². The highest BCUT2D eigenvalue weighted by atomic mass is 16.3. The number of fused-ring (bicyclic) bond motifs is 1. The highest BCUT2D eigenvalue weighted by Crippen LogP contribution is 2.23. The van der Waals surface area contributed by atoms with E-state index in [2.05, 4.69) is 22.1 Å². The number of carbonyl (C=O) groups excluding carboxylic acids is 1. The summed E-state index contributed by atoms with van der Waals surface area (Å²) in [5.74, 6) is -0.0607. The molecule has 0 aliphatic carbocycles. The first-order valence-electron chi connectivity index (χ1n) is 8.04. The molecule has 4 nitrogen and oxygen atoms in total. The Hall–Kier alpha value is -3.40. The number of aromatic nitrogens is 2. The largest absolute Gasteiger partial charge is 0.508 e. The van der Waals surface area contributed by atoms with Crippen molar-refractivity contribution in [1.29, 1.82) is 0 Å². The number of benzene rings is 2. The van der Waals surface area contributed by atoms with E-state index in [4.69, 9.17) is 0 Å². The van der Waals surface area contributed by atoms with Gasteiger partial charge in [-0.05, 0) is 35.7 Å². The maximum absolute atomic E-state index is 12.8. The lowest BCUT2D eigenvalue weighted by molar-refractivity contribution is 0.104. The van der Waals surface area contributed by atoms with Crippen molar-refractivity contribution in [2.45, 2.75) is 6.42 Å². The lowest BCUT2D eigenvalue weighted by Crippen LogP contribution is -2.00. The van der Waals surface area contributed by atoms with Gasteiger partial charge in [0, 0.05) is 28.9 Å². The fourth-order valence-electron chi connectivity index (χ4n) is 2.97. The Morgan fingerprint density at radius 3 is 2.64 bits per heavy atom. The molecule has 0 aliphatic rings. The molecule has 2 aromatic carbocycles. The van der Waals surface area contributed by atoms with E-state index in [9.17, 15) is 9.90 Å². The zero-order chi connectivity index (χ0) is 17.2. The summed E-state index contributed by atoms with van der Waals surface area (Å²) in [6.45, 7) is 0. The molecule has 2 aromatic heterocycles. The molecule has 25 heavy (non-hydrogen) atoms. The van der Waals surface area contributed by atoms with E-state index in [1.807, 2.05) is 30.5 Å². The third kappa shape index (κ3) is 3.02. The van der Waals surface area contributed by atoms with Gasteiger partial charge in [0.25, 0.3) is 0 Å². The SMILES string of the molecule is O=C(c1cccc(O)c1)c1c[nH]c2ncc(Cc3ccccc3)cc12. The number of nitrogens with zero attached hydrogens (tertiary/aromatic N) is 1. The zero-order valence-corrected chi connectivity index (χ0v) is 13.4. The van der Waals surface area contributed by atoms with Crippen LogP contribution in [-0.4, -0.2) is 20.9 Å². The molecule has 122 valence electrons. The number of pyridine rings is 1. The second kappa shape index (κ2) is 6.24. The lowest BCUT2D eigenvalue weighted by Gasteiger charge is -2.04. The highest BCUT2D eigenvalue weighted by Gasteiger charge is 2.15. The lowest BCUT2D eigenvalue weighted by atomic mass is 10.0. The van der Waals surface area contributed by atoms with E-state index in [-0.39, 0.29) is 11.5 Å². The molecule has 0 atom stereocenters. The number of aromatic amines is 1. The molecule has 0 spiro atoms. The molecule has 4 rings (SSSR count). The van der Waals surface area contributed by atoms with E-state index in [0.717, 1.165) is 17.4 Å². The van der Waals surface area contributed by atoms with Crippen molar-refractivity contribution in [3.8, 4) is 5.75 Å². The summed E-state index contributed by atoms with van der Waals surface area (Å²) in [4.78, 5) is 20.3. The number of rotatable bonds is 4. The maximum Gasteiger partial charge on any atom is 0.195 e. The molecule has 0 saturated heterocycles. The minimum Gasteiger partial charge on any atom is -0.508 e. The Balaban J connectivity index is 1.72. The van der Waals surface area contributed by atoms with Gasteiger partial charge in [0.15, 0.2) is 5.78 Å². The van der Waals surface area contributed by atoms with Crippen LogP contribution in [0.5, 0.6) is 5.75 Å². The van der Waals surface area contributed by atoms with Gasteiger partial charge in [-0.1, -0.05) is 42.5 Å². The molecule has 0 radical (unpaired) electrons. The monoisotopic (exact) mass is 328 g/mol. The summed E-state index contributed by atoms with van der Waals surface area (Å²) in [5.41, 5.74) is 3.93. The molecule has 0 saturated carbocycles. The third-order valence-electron chi connectivity index (χ3n) is 4.19. The van der Waals surface area contributed by atoms with Crippen molar-refractivity contribution in [1.82, 2.24) is 9.97 Å². The van der Waals surface area contributed by atoms with Crippen LogP contribution in [0, 0.1) is 0 Å². The van der Waals surface area contributed by atoms with Crippen molar-refractivity contribution < 1.29 is 9.90 Å². The van der Waals surface area contributed by atoms with Crippen LogP contribution >= 0.6 is 0 Å². The molecule has 2 heterocycles. The maximum atomic E-state index is 12.8. The van der Waals surface area contributed by atoms with Gasteiger partial charge in [-0.2, -0.15) is 0 Å². The first-order chi connectivity index (χ1) is 12.2. The fraction of sp³-hybridized carbons (Fsp3) is 0.0476. The quantitative estimate of drug-likeness (QED) is 0.555. The summed E-state index contributed by atoms with van der Waals surface area (Å²) >= 11 is 0. The zero-order valence-electron chi connectivity index (χ0n) is 13.4. The summed E-state index contributed by atoms with van der Waals surface area (Å²) in [6, 6.07) is 18.5. The van der Waals surface area contributed by atoms with E-state index < -0.39 is 0 Å². The molecular weight excluding hydrogens is 312 g/mol. The molecule has 0 aliphatic heterocycles. The summed E-state index contributed by atoms with van der Waals surface area (Å²) in [7, 11) is 0. The number of nitrogens with one attached hydrogen (secondary N) is 1. The number of phenolic OH excluding ortho intramolecular Hbond substituents is 1. The van der Waals surface area contributed by atoms with Crippen molar-refractivity contribution in [2.75, 3.05) is 0 Å². The van der Waals surface area contributed by atoms with Gasteiger partial charge in [-0.3, -0.25) is 4.79 Å². The van der Waals surface area contributed by atoms with Gasteiger partial charge in [0.05, 0.1) is 0 Å². The number of ketones is 1. The van der Waals surface area contributed by atoms with Crippen LogP contribution in [0.3, 0.4) is 0 Å². The Morgan fingerprint density at radius 2 is 1.84 bits per heavy atom. The summed E-state index contributed by atoms with van der Waals surface area (Å²) < 4.78 is 0. The van der Waals surface area contributed by atoms with Crippen molar-refractivity contribution in [3.05, 3.63) is 95.3 Å². The van der Waals surface area contributed by atoms with Crippen molar-refractivity contribution >= 4 is 16.8 Å². The minimum absolute atomic E-state index is 0.0774. The summed E-state index contributed by atoms with van der Waals surface area (Å²) in [5, 5.41) is 10.4. The fourth-order valence-corrected chi connectivity index (χ4v) is 2.97. The van der Waals surface area contributed by atoms with Crippen LogP contribution in [0.4, 0.5) is 0 Å². The Bertz CT molecular complexity index is 1050. The van der Waals surface area contributed by atoms with E-state index in [1.165, 1.54) is 11.6 Å². The number of hydrogen-bond acceptors (Lipinski definition) is 3. The molecule has 0 fully saturated rings. The van der Waals surface area contributed by atoms with Gasteiger partial charge < -0.3 is 10.1 Å². The van der Waals surface area contributed by atoms with Crippen LogP contribution in [-0.2, 0) is 6.42 Å². The summed E-state index contributed by atoms with van der Waals surface area (Å²) in [6.07, 6.45) is 4.26. The Morgan fingerprint density at radius 1 is 1.00 bits per heavy atom. The van der Waals surface area contributed by atoms with Crippen LogP contribution in [0.2, 0.25) is 0 Å². The number of aromatic hydroxyl groups is 1. The molecular formula is C21H16N2O2. The van der Waals surface area contributed by atoms with Crippen LogP contribution in [0.25, 0.3) is 11.0 Å². The smallest absolute Gasteiger partial charge is 0.195 e. The van der Waals surface area contributed by atoms with Crippen LogP contribution in [0.1, 0.15) is 27.0 Å². The number of phenols is 1. The standard InChI is InChI=1S/C21H16N2O2/c24-17-8-4-7-16(11-17)20(25)19-13-23-21-18(19)10-15(12-22-21)9-14-5-2-1-3-6-14/h1-8,10-13,24H,9H2,(H,22,23). The number of H-pyrrole nitrogens is 1. The van der Waals surface area contributed by atoms with Gasteiger partial charge in [0.2, 0.25) is 0 Å². The average Bonchev–Trinajstić information content (AvgIpc) is 3.05. The number of hydrogen-bond donors (Lipinski definition) is 2. The molecule has 0 bridgehead atoms. The Kier molecular flexibility index (Phi) is 3.78. The van der Waals surface area contributed by atoms with Gasteiger partial charge in [0.1, 0.15) is 11.4 Å². The third-order valence-corrected chi connectivity index (χ3v) is 4.19. The minimum atomic E-state index is -0.138. The molecule has 0 unspecified atom stereocenters. The molecule has 4 heteroatoms. The van der Waals surface area contributed by atoms with E-state index >= 15 is 0 Å². The molecule has 2 N–H and O–H groups in total. The van der Waals surface area contributed by atoms with Gasteiger partial charge >= 0.3 is 0 Å². The predicted octanol–water partition coefficient (Wildman–Crippen LogP) is 4.09. The first-order valence-corrected chi connectivity index (χ1v) is 8.04. The molecule has 0 amide bonds. The second-order valence-electron chi connectivity index (χ2n) is 5.98. The van der Waals surface area contributed by atoms with Crippen molar-refractivity contribution in [2.24, 2.45) is 0 Å². The topological polar surface area (TPSA) is 66.0 Å². The average molecular weight is 328 g/mol. The first kappa shape index (κ1) is 15.1. The number of carbonyl (C=O) groups is 1.